The van der Waals surface area contributed by atoms with Gasteiger partial charge in [0.05, 0.1) is 5.69 Å². The summed E-state index contributed by atoms with van der Waals surface area (Å²) in [6, 6.07) is 0.564. The van der Waals surface area contributed by atoms with Gasteiger partial charge in [-0.2, -0.15) is 0 Å². The van der Waals surface area contributed by atoms with Gasteiger partial charge in [-0.3, -0.25) is 4.40 Å². The number of thiazole rings is 1. The second kappa shape index (κ2) is 5.71. The van der Waals surface area contributed by atoms with E-state index in [1.54, 1.807) is 11.3 Å². The lowest BCUT2D eigenvalue weighted by Crippen LogP contribution is -2.45. The number of hydrogen-bond acceptors (Lipinski definition) is 5. The number of fused-ring (bicyclic) bond motifs is 1. The van der Waals surface area contributed by atoms with Crippen LogP contribution in [0.3, 0.4) is 0 Å². The van der Waals surface area contributed by atoms with Gasteiger partial charge in [0.25, 0.3) is 0 Å². The van der Waals surface area contributed by atoms with E-state index in [1.165, 1.54) is 25.1 Å². The molecule has 0 saturated carbocycles. The van der Waals surface area contributed by atoms with Gasteiger partial charge in [0.15, 0.2) is 10.8 Å². The highest BCUT2D eigenvalue weighted by Crippen LogP contribution is 2.27. The van der Waals surface area contributed by atoms with Gasteiger partial charge in [-0.1, -0.05) is 0 Å². The second-order valence-electron chi connectivity index (χ2n) is 5.64. The maximum absolute atomic E-state index is 4.84. The van der Waals surface area contributed by atoms with Crippen molar-refractivity contribution >= 4 is 22.1 Å². The molecule has 1 unspecified atom stereocenters. The van der Waals surface area contributed by atoms with E-state index in [-0.39, 0.29) is 0 Å². The van der Waals surface area contributed by atoms with E-state index in [0.717, 1.165) is 23.9 Å². The Hall–Kier alpha value is -1.11. The quantitative estimate of drug-likeness (QED) is 0.930. The van der Waals surface area contributed by atoms with Crippen LogP contribution >= 0.6 is 11.3 Å². The smallest absolute Gasteiger partial charge is 0.195 e. The number of likely N-dealkylation sites (N-methyl/N-ethyl adjacent to an activating group) is 2. The van der Waals surface area contributed by atoms with E-state index >= 15 is 0 Å². The summed E-state index contributed by atoms with van der Waals surface area (Å²) in [5.41, 5.74) is 1.26. The van der Waals surface area contributed by atoms with Crippen molar-refractivity contribution in [1.82, 2.24) is 19.6 Å². The molecule has 1 N–H and O–H groups in total. The molecule has 3 rings (SSSR count). The summed E-state index contributed by atoms with van der Waals surface area (Å²) in [5, 5.41) is 5.36. The van der Waals surface area contributed by atoms with Gasteiger partial charge in [-0.15, -0.1) is 11.3 Å². The molecule has 5 nitrogen and oxygen atoms in total. The maximum atomic E-state index is 4.84. The number of nitrogens with one attached hydrogen (secondary N) is 1. The molecule has 1 aliphatic heterocycles. The van der Waals surface area contributed by atoms with E-state index in [9.17, 15) is 0 Å². The largest absolute Gasteiger partial charge is 0.354 e. The lowest BCUT2D eigenvalue weighted by atomic mass is 10.1. The number of aromatic nitrogens is 2. The summed E-state index contributed by atoms with van der Waals surface area (Å²) >= 11 is 1.70. The normalized spacial score (nSPS) is 20.6. The fourth-order valence-electron chi connectivity index (χ4n) is 3.06. The second-order valence-corrected chi connectivity index (χ2v) is 6.51. The molecule has 0 radical (unpaired) electrons. The van der Waals surface area contributed by atoms with Crippen LogP contribution in [0.2, 0.25) is 0 Å². The van der Waals surface area contributed by atoms with Crippen LogP contribution in [-0.4, -0.2) is 54.6 Å². The molecule has 0 aliphatic carbocycles. The topological polar surface area (TPSA) is 35.8 Å². The van der Waals surface area contributed by atoms with Crippen LogP contribution in [0, 0.1) is 0 Å². The monoisotopic (exact) mass is 293 g/mol. The first-order valence-corrected chi connectivity index (χ1v) is 8.09. The first-order valence-electron chi connectivity index (χ1n) is 7.21. The zero-order valence-corrected chi connectivity index (χ0v) is 13.3. The van der Waals surface area contributed by atoms with Crippen molar-refractivity contribution in [3.8, 4) is 0 Å². The van der Waals surface area contributed by atoms with Crippen LogP contribution < -0.4 is 10.2 Å². The van der Waals surface area contributed by atoms with Crippen LogP contribution in [-0.2, 0) is 6.54 Å². The Balaban J connectivity index is 1.91. The summed E-state index contributed by atoms with van der Waals surface area (Å²) in [4.78, 5) is 10.7. The highest BCUT2D eigenvalue weighted by molar-refractivity contribution is 7.15. The Morgan fingerprint density at radius 2 is 2.40 bits per heavy atom. The van der Waals surface area contributed by atoms with Crippen molar-refractivity contribution in [2.75, 3.05) is 39.1 Å². The van der Waals surface area contributed by atoms with E-state index < -0.39 is 0 Å². The Morgan fingerprint density at radius 1 is 1.55 bits per heavy atom. The van der Waals surface area contributed by atoms with Crippen molar-refractivity contribution in [1.29, 1.82) is 0 Å². The molecule has 1 atom stereocenters. The van der Waals surface area contributed by atoms with Gasteiger partial charge in [0, 0.05) is 37.8 Å². The maximum Gasteiger partial charge on any atom is 0.195 e. The highest BCUT2D eigenvalue weighted by Gasteiger charge is 2.25. The van der Waals surface area contributed by atoms with Crippen LogP contribution in [0.15, 0.2) is 11.6 Å². The lowest BCUT2D eigenvalue weighted by molar-refractivity contribution is 0.247. The number of imidazole rings is 1. The van der Waals surface area contributed by atoms with Gasteiger partial charge in [-0.05, 0) is 33.5 Å². The predicted octanol–water partition coefficient (Wildman–Crippen LogP) is 1.65. The van der Waals surface area contributed by atoms with E-state index in [2.05, 4.69) is 45.2 Å². The van der Waals surface area contributed by atoms with Gasteiger partial charge < -0.3 is 15.1 Å². The molecule has 1 fully saturated rings. The molecule has 1 aliphatic rings. The van der Waals surface area contributed by atoms with Crippen LogP contribution in [0.4, 0.5) is 5.82 Å². The highest BCUT2D eigenvalue weighted by atomic mass is 32.1. The molecule has 2 aromatic rings. The fraction of sp³-hybridized carbons (Fsp3) is 0.643. The fourth-order valence-corrected chi connectivity index (χ4v) is 3.79. The number of anilines is 1. The van der Waals surface area contributed by atoms with Crippen LogP contribution in [0.5, 0.6) is 0 Å². The lowest BCUT2D eigenvalue weighted by Gasteiger charge is -2.36. The summed E-state index contributed by atoms with van der Waals surface area (Å²) in [5.74, 6) is 1.13. The van der Waals surface area contributed by atoms with E-state index in [4.69, 9.17) is 4.98 Å². The Kier molecular flexibility index (Phi) is 3.96. The third-order valence-electron chi connectivity index (χ3n) is 4.17. The average molecular weight is 293 g/mol. The predicted molar refractivity (Wildman–Crippen MR) is 84.8 cm³/mol. The number of hydrogen-bond donors (Lipinski definition) is 1. The molecule has 6 heteroatoms. The molecule has 0 bridgehead atoms. The first kappa shape index (κ1) is 13.9. The zero-order valence-electron chi connectivity index (χ0n) is 12.5. The van der Waals surface area contributed by atoms with Gasteiger partial charge >= 0.3 is 0 Å². The zero-order chi connectivity index (χ0) is 14.1. The number of rotatable bonds is 4. The molecule has 3 heterocycles. The van der Waals surface area contributed by atoms with Crippen LogP contribution in [0.25, 0.3) is 4.96 Å². The number of nitrogens with zero attached hydrogens (tertiary/aromatic N) is 4. The summed E-state index contributed by atoms with van der Waals surface area (Å²) < 4.78 is 2.21. The molecule has 20 heavy (non-hydrogen) atoms. The Morgan fingerprint density at radius 3 is 3.15 bits per heavy atom. The third-order valence-corrected chi connectivity index (χ3v) is 4.92. The average Bonchev–Trinajstić information content (AvgIpc) is 3.01. The molecule has 0 amide bonds. The summed E-state index contributed by atoms with van der Waals surface area (Å²) in [7, 11) is 6.39. The van der Waals surface area contributed by atoms with E-state index in [1.807, 2.05) is 7.05 Å². The molecule has 0 spiro atoms. The van der Waals surface area contributed by atoms with Gasteiger partial charge in [0.1, 0.15) is 0 Å². The van der Waals surface area contributed by atoms with Crippen molar-refractivity contribution in [3.05, 3.63) is 17.3 Å². The molecule has 1 saturated heterocycles. The number of likely N-dealkylation sites (tertiary alicyclic amines) is 1. The Labute approximate surface area is 124 Å². The van der Waals surface area contributed by atoms with Gasteiger partial charge in [-0.25, -0.2) is 4.98 Å². The third kappa shape index (κ3) is 2.43. The van der Waals surface area contributed by atoms with E-state index in [0.29, 0.717) is 6.04 Å². The molecule has 2 aromatic heterocycles. The summed E-state index contributed by atoms with van der Waals surface area (Å²) in [6.45, 7) is 3.19. The minimum Gasteiger partial charge on any atom is -0.354 e. The number of piperidine rings is 1. The minimum absolute atomic E-state index is 0.564. The standard InChI is InChI=1S/C14H23N5S/c1-15-9-12-13(16-14-19(12)7-8-20-14)18(3)11-5-4-6-17(2)10-11/h7-8,11,15H,4-6,9-10H2,1-3H3. The molecular weight excluding hydrogens is 270 g/mol. The molecule has 110 valence electrons. The van der Waals surface area contributed by atoms with Crippen molar-refractivity contribution < 1.29 is 0 Å². The SMILES string of the molecule is CNCc1c(N(C)C2CCCN(C)C2)nc2sccn12. The Bertz CT molecular complexity index is 575. The van der Waals surface area contributed by atoms with Crippen molar-refractivity contribution in [2.24, 2.45) is 0 Å². The van der Waals surface area contributed by atoms with Crippen molar-refractivity contribution in [3.63, 3.8) is 0 Å². The van der Waals surface area contributed by atoms with Gasteiger partial charge in [0.2, 0.25) is 0 Å². The summed E-state index contributed by atoms with van der Waals surface area (Å²) in [6.07, 6.45) is 4.64. The molecular formula is C14H23N5S. The van der Waals surface area contributed by atoms with Crippen LogP contribution in [0.1, 0.15) is 18.5 Å². The molecule has 0 aromatic carbocycles. The first-order chi connectivity index (χ1) is 9.70. The van der Waals surface area contributed by atoms with Crippen molar-refractivity contribution in [2.45, 2.75) is 25.4 Å². The minimum atomic E-state index is 0.564.